The third-order valence-corrected chi connectivity index (χ3v) is 18.8. The number of carbonyl (C=O) groups is 1. The van der Waals surface area contributed by atoms with Crippen molar-refractivity contribution in [2.45, 2.75) is 96.8 Å². The number of fused-ring (bicyclic) bond motifs is 4. The Morgan fingerprint density at radius 1 is 0.787 bits per heavy atom. The largest absolute Gasteiger partial charge is 0.543 e. The summed E-state index contributed by atoms with van der Waals surface area (Å²) in [5.74, 6) is 2.94. The molecule has 0 spiro atoms. The molecule has 3 aromatic carbocycles. The number of benzene rings is 3. The smallest absolute Gasteiger partial charge is 0.306 e. The van der Waals surface area contributed by atoms with Gasteiger partial charge in [-0.05, 0) is 83.8 Å². The first-order valence-corrected chi connectivity index (χ1v) is 22.3. The second-order valence-corrected chi connectivity index (χ2v) is 25.0. The Morgan fingerprint density at radius 2 is 1.32 bits per heavy atom. The summed E-state index contributed by atoms with van der Waals surface area (Å²) in [6.45, 7) is 23.1. The molecule has 0 radical (unpaired) electrons. The van der Waals surface area contributed by atoms with Crippen LogP contribution in [0, 0.1) is 0 Å². The topological polar surface area (TPSA) is 83.5 Å². The maximum atomic E-state index is 11.0. The Balaban J connectivity index is 1.58. The van der Waals surface area contributed by atoms with Gasteiger partial charge < -0.3 is 28.2 Å². The Hall–Kier alpha value is -3.70. The summed E-state index contributed by atoms with van der Waals surface area (Å²) >= 11 is 0. The summed E-state index contributed by atoms with van der Waals surface area (Å²) in [7, 11) is -4.12. The van der Waals surface area contributed by atoms with Crippen molar-refractivity contribution in [1.82, 2.24) is 0 Å². The zero-order valence-electron chi connectivity index (χ0n) is 29.6. The van der Waals surface area contributed by atoms with Crippen LogP contribution in [0.1, 0.15) is 77.2 Å². The fraction of sp³-hybridized carbons (Fsp3) is 0.447. The SMILES string of the molecule is CC(C)(C)[Si](C)(C)Oc1ccc2c(c1)O[C@H](c1ccc(OCCC(=O)O)cc1)C1=C2CCOc2cc(O[Si](C)(C)C(C)(C)C)ccc21. The number of rotatable bonds is 9. The van der Waals surface area contributed by atoms with Crippen molar-refractivity contribution in [1.29, 1.82) is 0 Å². The van der Waals surface area contributed by atoms with Gasteiger partial charge in [0.25, 0.3) is 0 Å². The highest BCUT2D eigenvalue weighted by Crippen LogP contribution is 2.53. The van der Waals surface area contributed by atoms with Crippen molar-refractivity contribution in [3.8, 4) is 28.7 Å². The van der Waals surface area contributed by atoms with E-state index in [1.165, 1.54) is 5.57 Å². The van der Waals surface area contributed by atoms with Crippen LogP contribution < -0.4 is 23.1 Å². The minimum atomic E-state index is -2.07. The summed E-state index contributed by atoms with van der Waals surface area (Å²) in [5, 5.41) is 9.13. The Labute approximate surface area is 282 Å². The van der Waals surface area contributed by atoms with Crippen molar-refractivity contribution in [2.75, 3.05) is 13.2 Å². The normalized spacial score (nSPS) is 16.5. The molecule has 0 bridgehead atoms. The van der Waals surface area contributed by atoms with Crippen LogP contribution >= 0.6 is 0 Å². The highest BCUT2D eigenvalue weighted by atomic mass is 28.4. The molecule has 0 aromatic heterocycles. The van der Waals surface area contributed by atoms with Gasteiger partial charge in [0, 0.05) is 35.3 Å². The van der Waals surface area contributed by atoms with Crippen molar-refractivity contribution >= 4 is 33.8 Å². The highest BCUT2D eigenvalue weighted by molar-refractivity contribution is 6.75. The van der Waals surface area contributed by atoms with Gasteiger partial charge in [-0.1, -0.05) is 53.7 Å². The third kappa shape index (κ3) is 7.41. The zero-order chi connectivity index (χ0) is 34.4. The molecular formula is C38H50O7Si2. The van der Waals surface area contributed by atoms with Gasteiger partial charge in [0.05, 0.1) is 19.6 Å². The summed E-state index contributed by atoms with van der Waals surface area (Å²) in [4.78, 5) is 11.0. The summed E-state index contributed by atoms with van der Waals surface area (Å²) in [6.07, 6.45) is 0.243. The van der Waals surface area contributed by atoms with E-state index in [1.807, 2.05) is 36.4 Å². The summed E-state index contributed by atoms with van der Waals surface area (Å²) in [5.41, 5.74) is 5.25. The van der Waals surface area contributed by atoms with Crippen molar-refractivity contribution in [3.05, 3.63) is 77.4 Å². The van der Waals surface area contributed by atoms with Crippen LogP contribution in [0.3, 0.4) is 0 Å². The minimum Gasteiger partial charge on any atom is -0.543 e. The van der Waals surface area contributed by atoms with E-state index < -0.39 is 28.7 Å². The standard InChI is InChI=1S/C38H50O7Si2/c1-37(2,3)46(7,8)44-27-16-18-31-32(23-27)42-21-19-30-29-17-15-28(45-47(9,10)38(4,5)6)24-33(29)43-36(35(30)31)25-11-13-26(14-12-25)41-22-20-34(39)40/h11-18,23-24,36H,19-22H2,1-10H3,(H,39,40)/t36-/m1/s1. The maximum absolute atomic E-state index is 11.0. The van der Waals surface area contributed by atoms with E-state index in [4.69, 9.17) is 28.2 Å². The Kier molecular flexibility index (Phi) is 9.38. The van der Waals surface area contributed by atoms with Gasteiger partial charge in [-0.15, -0.1) is 0 Å². The van der Waals surface area contributed by atoms with Crippen molar-refractivity contribution in [2.24, 2.45) is 0 Å². The van der Waals surface area contributed by atoms with E-state index in [-0.39, 0.29) is 23.1 Å². The van der Waals surface area contributed by atoms with E-state index >= 15 is 0 Å². The van der Waals surface area contributed by atoms with Gasteiger partial charge in [-0.25, -0.2) is 0 Å². The third-order valence-electron chi connectivity index (χ3n) is 10.1. The molecular weight excluding hydrogens is 625 g/mol. The number of hydrogen-bond donors (Lipinski definition) is 1. The Morgan fingerprint density at radius 3 is 1.87 bits per heavy atom. The predicted octanol–water partition coefficient (Wildman–Crippen LogP) is 10.1. The zero-order valence-corrected chi connectivity index (χ0v) is 31.6. The lowest BCUT2D eigenvalue weighted by atomic mass is 9.84. The quantitative estimate of drug-likeness (QED) is 0.226. The average molecular weight is 675 g/mol. The van der Waals surface area contributed by atoms with E-state index in [2.05, 4.69) is 92.0 Å². The summed E-state index contributed by atoms with van der Waals surface area (Å²) in [6, 6.07) is 20.2. The number of aliphatic carboxylic acids is 1. The fourth-order valence-electron chi connectivity index (χ4n) is 5.27. The van der Waals surface area contributed by atoms with E-state index in [0.29, 0.717) is 18.8 Å². The molecule has 47 heavy (non-hydrogen) atoms. The molecule has 3 aromatic rings. The number of ether oxygens (including phenoxy) is 3. The maximum Gasteiger partial charge on any atom is 0.306 e. The first kappa shape index (κ1) is 34.6. The van der Waals surface area contributed by atoms with Gasteiger partial charge >= 0.3 is 5.97 Å². The molecule has 2 aliphatic heterocycles. The van der Waals surface area contributed by atoms with Gasteiger partial charge in [0.15, 0.2) is 0 Å². The molecule has 9 heteroatoms. The highest BCUT2D eigenvalue weighted by Gasteiger charge is 2.41. The second-order valence-electron chi connectivity index (χ2n) is 15.6. The van der Waals surface area contributed by atoms with Gasteiger partial charge in [0.1, 0.15) is 34.9 Å². The minimum absolute atomic E-state index is 0.0578. The van der Waals surface area contributed by atoms with Crippen molar-refractivity contribution in [3.63, 3.8) is 0 Å². The van der Waals surface area contributed by atoms with Gasteiger partial charge in [-0.2, -0.15) is 0 Å². The predicted molar refractivity (Wildman–Crippen MR) is 193 cm³/mol. The van der Waals surface area contributed by atoms with E-state index in [9.17, 15) is 4.79 Å². The van der Waals surface area contributed by atoms with Crippen LogP contribution in [0.15, 0.2) is 60.7 Å². The van der Waals surface area contributed by atoms with Crippen LogP contribution in [0.2, 0.25) is 36.3 Å². The first-order chi connectivity index (χ1) is 21.9. The number of carboxylic acid groups (broad SMARTS) is 1. The molecule has 2 heterocycles. The second kappa shape index (κ2) is 12.7. The van der Waals surface area contributed by atoms with Gasteiger partial charge in [-0.3, -0.25) is 4.79 Å². The molecule has 7 nitrogen and oxygen atoms in total. The lowest BCUT2D eigenvalue weighted by Gasteiger charge is -2.37. The molecule has 1 atom stereocenters. The van der Waals surface area contributed by atoms with E-state index in [0.717, 1.165) is 45.3 Å². The molecule has 252 valence electrons. The molecule has 5 rings (SSSR count). The van der Waals surface area contributed by atoms with Gasteiger partial charge in [0.2, 0.25) is 16.6 Å². The van der Waals surface area contributed by atoms with E-state index in [1.54, 1.807) is 0 Å². The molecule has 0 saturated carbocycles. The molecule has 0 amide bonds. The van der Waals surface area contributed by atoms with Crippen LogP contribution in [-0.2, 0) is 4.79 Å². The molecule has 1 N–H and O–H groups in total. The first-order valence-electron chi connectivity index (χ1n) is 16.5. The number of hydrogen-bond acceptors (Lipinski definition) is 6. The summed E-state index contributed by atoms with van der Waals surface area (Å²) < 4.78 is 32.4. The molecule has 0 unspecified atom stereocenters. The Bertz CT molecular complexity index is 1660. The van der Waals surface area contributed by atoms with Crippen LogP contribution in [-0.4, -0.2) is 40.9 Å². The molecule has 2 aliphatic rings. The lowest BCUT2D eigenvalue weighted by molar-refractivity contribution is -0.137. The molecule has 0 aliphatic carbocycles. The average Bonchev–Trinajstić information content (AvgIpc) is 3.15. The molecule has 0 fully saturated rings. The van der Waals surface area contributed by atoms with Crippen LogP contribution in [0.5, 0.6) is 28.7 Å². The monoisotopic (exact) mass is 674 g/mol. The van der Waals surface area contributed by atoms with Crippen molar-refractivity contribution < 1.29 is 33.0 Å². The fourth-order valence-corrected chi connectivity index (χ4v) is 7.32. The molecule has 0 saturated heterocycles. The lowest BCUT2D eigenvalue weighted by Crippen LogP contribution is -2.43. The number of carboxylic acids is 1. The van der Waals surface area contributed by atoms with Crippen LogP contribution in [0.4, 0.5) is 0 Å². The van der Waals surface area contributed by atoms with Crippen LogP contribution in [0.25, 0.3) is 11.1 Å².